The Bertz CT molecular complexity index is 847. The maximum absolute atomic E-state index is 11.6. The molecule has 0 fully saturated rings. The first kappa shape index (κ1) is 15.8. The van der Waals surface area contributed by atoms with Gasteiger partial charge in [-0.1, -0.05) is 6.08 Å². The number of carbonyl (C=O) groups excluding carboxylic acids is 1. The van der Waals surface area contributed by atoms with E-state index >= 15 is 0 Å². The van der Waals surface area contributed by atoms with Crippen molar-refractivity contribution in [2.75, 3.05) is 24.7 Å². The zero-order chi connectivity index (χ0) is 17.2. The fraction of sp³-hybridized carbons (Fsp3) is 0.316. The average molecular weight is 336 g/mol. The van der Waals surface area contributed by atoms with Crippen LogP contribution in [0.15, 0.2) is 36.8 Å². The molecule has 6 heteroatoms. The van der Waals surface area contributed by atoms with Crippen molar-refractivity contribution in [2.24, 2.45) is 5.73 Å². The van der Waals surface area contributed by atoms with Crippen molar-refractivity contribution in [3.05, 3.63) is 47.9 Å². The quantitative estimate of drug-likeness (QED) is 0.914. The Morgan fingerprint density at radius 2 is 1.96 bits per heavy atom. The van der Waals surface area contributed by atoms with E-state index in [1.165, 1.54) is 5.57 Å². The fourth-order valence-corrected chi connectivity index (χ4v) is 3.40. The summed E-state index contributed by atoms with van der Waals surface area (Å²) >= 11 is 0. The minimum Gasteiger partial charge on any atom is -0.377 e. The molecule has 0 saturated carbocycles. The lowest BCUT2D eigenvalue weighted by Crippen LogP contribution is -2.40. The van der Waals surface area contributed by atoms with Crippen molar-refractivity contribution in [3.8, 4) is 11.1 Å². The van der Waals surface area contributed by atoms with E-state index in [-0.39, 0.29) is 0 Å². The highest BCUT2D eigenvalue weighted by atomic mass is 16.5. The molecule has 2 aliphatic rings. The lowest BCUT2D eigenvalue weighted by molar-refractivity contribution is 0.161. The smallest absolute Gasteiger partial charge is 0.320 e. The number of hydrogen-bond donors (Lipinski definition) is 1. The van der Waals surface area contributed by atoms with Gasteiger partial charge in [0.1, 0.15) is 5.82 Å². The molecule has 0 radical (unpaired) electrons. The predicted molar refractivity (Wildman–Crippen MR) is 96.1 cm³/mol. The van der Waals surface area contributed by atoms with Crippen LogP contribution in [0.2, 0.25) is 0 Å². The third-order valence-corrected chi connectivity index (χ3v) is 4.70. The summed E-state index contributed by atoms with van der Waals surface area (Å²) in [6, 6.07) is 3.79. The SMILES string of the molecule is NC(=O)N1CCCc2cc(-c3cncc(C4=CCOCC4)c3)cnc21. The highest BCUT2D eigenvalue weighted by molar-refractivity contribution is 5.91. The van der Waals surface area contributed by atoms with Crippen LogP contribution in [0.4, 0.5) is 10.6 Å². The van der Waals surface area contributed by atoms with Crippen LogP contribution in [0, 0.1) is 0 Å². The molecule has 128 valence electrons. The standard InChI is InChI=1S/C19H20N4O2/c20-19(24)23-5-1-2-14-8-17(12-22-18(14)23)16-9-15(10-21-11-16)13-3-6-25-7-4-13/h3,8-12H,1-2,4-7H2,(H2,20,24). The van der Waals surface area contributed by atoms with Crippen molar-refractivity contribution >= 4 is 17.4 Å². The molecule has 2 N–H and O–H groups in total. The number of anilines is 1. The molecule has 4 rings (SSSR count). The Balaban J connectivity index is 1.69. The first-order chi connectivity index (χ1) is 12.2. The molecule has 2 amide bonds. The van der Waals surface area contributed by atoms with Crippen LogP contribution in [0.1, 0.15) is 24.0 Å². The topological polar surface area (TPSA) is 81.3 Å². The maximum atomic E-state index is 11.6. The number of amides is 2. The van der Waals surface area contributed by atoms with Crippen LogP contribution in [0.3, 0.4) is 0 Å². The van der Waals surface area contributed by atoms with Gasteiger partial charge in [0.25, 0.3) is 0 Å². The second-order valence-electron chi connectivity index (χ2n) is 6.32. The van der Waals surface area contributed by atoms with E-state index < -0.39 is 6.03 Å². The number of urea groups is 1. The van der Waals surface area contributed by atoms with Crippen LogP contribution >= 0.6 is 0 Å². The molecule has 2 aromatic heterocycles. The highest BCUT2D eigenvalue weighted by Crippen LogP contribution is 2.30. The molecule has 6 nitrogen and oxygen atoms in total. The Hall–Kier alpha value is -2.73. The molecule has 0 aromatic carbocycles. The molecule has 0 atom stereocenters. The van der Waals surface area contributed by atoms with Crippen LogP contribution in [0.25, 0.3) is 16.7 Å². The summed E-state index contributed by atoms with van der Waals surface area (Å²) in [5.41, 5.74) is 10.9. The third-order valence-electron chi connectivity index (χ3n) is 4.70. The van der Waals surface area contributed by atoms with E-state index in [1.54, 1.807) is 11.1 Å². The Morgan fingerprint density at radius 3 is 2.76 bits per heavy atom. The maximum Gasteiger partial charge on any atom is 0.320 e. The van der Waals surface area contributed by atoms with E-state index in [9.17, 15) is 4.79 Å². The van der Waals surface area contributed by atoms with E-state index in [2.05, 4.69) is 28.2 Å². The van der Waals surface area contributed by atoms with Crippen molar-refractivity contribution in [1.29, 1.82) is 0 Å². The highest BCUT2D eigenvalue weighted by Gasteiger charge is 2.22. The number of primary amides is 1. The van der Waals surface area contributed by atoms with Gasteiger partial charge in [-0.15, -0.1) is 0 Å². The molecular formula is C19H20N4O2. The molecule has 2 aromatic rings. The molecule has 2 aliphatic heterocycles. The summed E-state index contributed by atoms with van der Waals surface area (Å²) in [5.74, 6) is 0.679. The molecule has 0 spiro atoms. The van der Waals surface area contributed by atoms with E-state index in [0.29, 0.717) is 19.0 Å². The van der Waals surface area contributed by atoms with Crippen molar-refractivity contribution in [2.45, 2.75) is 19.3 Å². The second kappa shape index (κ2) is 6.64. The van der Waals surface area contributed by atoms with Gasteiger partial charge in [-0.3, -0.25) is 9.88 Å². The number of aromatic nitrogens is 2. The van der Waals surface area contributed by atoms with Gasteiger partial charge in [-0.25, -0.2) is 9.78 Å². The number of hydrogen-bond acceptors (Lipinski definition) is 4. The summed E-state index contributed by atoms with van der Waals surface area (Å²) in [6.07, 6.45) is 10.3. The summed E-state index contributed by atoms with van der Waals surface area (Å²) < 4.78 is 5.38. The summed E-state index contributed by atoms with van der Waals surface area (Å²) in [6.45, 7) is 2.03. The summed E-state index contributed by atoms with van der Waals surface area (Å²) in [5, 5.41) is 0. The molecule has 4 heterocycles. The van der Waals surface area contributed by atoms with Crippen LogP contribution in [-0.4, -0.2) is 35.8 Å². The van der Waals surface area contributed by atoms with Crippen molar-refractivity contribution < 1.29 is 9.53 Å². The Morgan fingerprint density at radius 1 is 1.12 bits per heavy atom. The number of nitrogens with two attached hydrogens (primary N) is 1. The van der Waals surface area contributed by atoms with E-state index in [1.807, 2.05) is 12.4 Å². The fourth-order valence-electron chi connectivity index (χ4n) is 3.40. The first-order valence-electron chi connectivity index (χ1n) is 8.51. The van der Waals surface area contributed by atoms with Gasteiger partial charge in [0.05, 0.1) is 13.2 Å². The summed E-state index contributed by atoms with van der Waals surface area (Å²) in [4.78, 5) is 22.0. The Kier molecular flexibility index (Phi) is 4.19. The molecular weight excluding hydrogens is 316 g/mol. The molecule has 25 heavy (non-hydrogen) atoms. The molecule has 0 bridgehead atoms. The summed E-state index contributed by atoms with van der Waals surface area (Å²) in [7, 11) is 0. The van der Waals surface area contributed by atoms with Crippen LogP contribution in [0.5, 0.6) is 0 Å². The number of nitrogens with zero attached hydrogens (tertiary/aromatic N) is 3. The first-order valence-corrected chi connectivity index (χ1v) is 8.51. The number of aryl methyl sites for hydroxylation is 1. The molecule has 0 unspecified atom stereocenters. The number of fused-ring (bicyclic) bond motifs is 1. The van der Waals surface area contributed by atoms with Crippen molar-refractivity contribution in [1.82, 2.24) is 9.97 Å². The lowest BCUT2D eigenvalue weighted by Gasteiger charge is -2.26. The zero-order valence-electron chi connectivity index (χ0n) is 13.9. The molecule has 0 saturated heterocycles. The predicted octanol–water partition coefficient (Wildman–Crippen LogP) is 2.78. The monoisotopic (exact) mass is 336 g/mol. The zero-order valence-corrected chi connectivity index (χ0v) is 13.9. The number of pyridine rings is 2. The van der Waals surface area contributed by atoms with Gasteiger partial charge in [0, 0.05) is 36.3 Å². The third kappa shape index (κ3) is 3.13. The minimum atomic E-state index is -0.448. The lowest BCUT2D eigenvalue weighted by atomic mass is 9.98. The molecule has 0 aliphatic carbocycles. The average Bonchev–Trinajstić information content (AvgIpc) is 2.68. The van der Waals surface area contributed by atoms with E-state index in [0.717, 1.165) is 48.1 Å². The number of rotatable bonds is 2. The van der Waals surface area contributed by atoms with Crippen molar-refractivity contribution in [3.63, 3.8) is 0 Å². The number of carbonyl (C=O) groups is 1. The van der Waals surface area contributed by atoms with Gasteiger partial charge < -0.3 is 10.5 Å². The minimum absolute atomic E-state index is 0.448. The largest absolute Gasteiger partial charge is 0.377 e. The van der Waals surface area contributed by atoms with Gasteiger partial charge >= 0.3 is 6.03 Å². The number of ether oxygens (including phenoxy) is 1. The van der Waals surface area contributed by atoms with Crippen LogP contribution in [-0.2, 0) is 11.2 Å². The van der Waals surface area contributed by atoms with Gasteiger partial charge in [-0.05, 0) is 48.1 Å². The van der Waals surface area contributed by atoms with Gasteiger partial charge in [0.2, 0.25) is 0 Å². The second-order valence-corrected chi connectivity index (χ2v) is 6.32. The Labute approximate surface area is 146 Å². The van der Waals surface area contributed by atoms with Gasteiger partial charge in [-0.2, -0.15) is 0 Å². The van der Waals surface area contributed by atoms with Gasteiger partial charge in [0.15, 0.2) is 0 Å². The van der Waals surface area contributed by atoms with E-state index in [4.69, 9.17) is 10.5 Å². The van der Waals surface area contributed by atoms with Crippen LogP contribution < -0.4 is 10.6 Å². The normalized spacial score (nSPS) is 17.0.